The minimum atomic E-state index is -3.84. The summed E-state index contributed by atoms with van der Waals surface area (Å²) in [6.45, 7) is 3.67. The lowest BCUT2D eigenvalue weighted by Crippen LogP contribution is -2.11. The molecule has 0 aliphatic heterocycles. The number of nitrogens with two attached hydrogens (primary N) is 1. The Kier molecular flexibility index (Phi) is 4.24. The Morgan fingerprint density at radius 1 is 1.10 bits per heavy atom. The van der Waals surface area contributed by atoms with E-state index in [0.29, 0.717) is 5.69 Å². The normalized spacial score (nSPS) is 11.3. The zero-order chi connectivity index (χ0) is 14.9. The Bertz CT molecular complexity index is 740. The Morgan fingerprint density at radius 2 is 1.70 bits per heavy atom. The molecule has 0 atom stereocenters. The molecule has 106 valence electrons. The summed E-state index contributed by atoms with van der Waals surface area (Å²) in [6.07, 6.45) is 0. The minimum Gasteiger partial charge on any atom is -0.398 e. The molecule has 0 spiro atoms. The van der Waals surface area contributed by atoms with E-state index in [2.05, 4.69) is 22.6 Å². The highest BCUT2D eigenvalue weighted by molar-refractivity contribution is 14.1. The molecule has 0 fully saturated rings. The maximum absolute atomic E-state index is 12.2. The maximum atomic E-state index is 12.2. The molecule has 20 heavy (non-hydrogen) atoms. The van der Waals surface area contributed by atoms with Gasteiger partial charge in [-0.25, -0.2) is 0 Å². The molecule has 0 saturated carbocycles. The first kappa shape index (κ1) is 15.1. The summed E-state index contributed by atoms with van der Waals surface area (Å²) in [4.78, 5) is 0.125. The first-order chi connectivity index (χ1) is 9.29. The molecule has 0 radical (unpaired) electrons. The minimum absolute atomic E-state index is 0.125. The van der Waals surface area contributed by atoms with Gasteiger partial charge in [0, 0.05) is 15.3 Å². The Balaban J connectivity index is 2.38. The van der Waals surface area contributed by atoms with E-state index < -0.39 is 10.1 Å². The number of hydrogen-bond acceptors (Lipinski definition) is 4. The van der Waals surface area contributed by atoms with Crippen LogP contribution in [0, 0.1) is 17.4 Å². The monoisotopic (exact) mass is 403 g/mol. The number of hydrogen-bond donors (Lipinski definition) is 1. The van der Waals surface area contributed by atoms with Gasteiger partial charge in [0.15, 0.2) is 0 Å². The number of benzene rings is 2. The third-order valence-electron chi connectivity index (χ3n) is 2.80. The van der Waals surface area contributed by atoms with E-state index in [1.54, 1.807) is 25.1 Å². The van der Waals surface area contributed by atoms with Crippen molar-refractivity contribution in [3.63, 3.8) is 0 Å². The highest BCUT2D eigenvalue weighted by Crippen LogP contribution is 2.28. The van der Waals surface area contributed by atoms with Gasteiger partial charge >= 0.3 is 10.1 Å². The van der Waals surface area contributed by atoms with Crippen LogP contribution in [0.1, 0.15) is 11.1 Å². The van der Waals surface area contributed by atoms with Crippen LogP contribution < -0.4 is 9.92 Å². The second-order valence-electron chi connectivity index (χ2n) is 4.49. The van der Waals surface area contributed by atoms with E-state index in [0.717, 1.165) is 14.7 Å². The average Bonchev–Trinajstić information content (AvgIpc) is 2.36. The number of halogens is 1. The summed E-state index contributed by atoms with van der Waals surface area (Å²) in [6, 6.07) is 9.82. The van der Waals surface area contributed by atoms with Crippen molar-refractivity contribution >= 4 is 38.4 Å². The van der Waals surface area contributed by atoms with Crippen molar-refractivity contribution in [1.29, 1.82) is 0 Å². The van der Waals surface area contributed by atoms with Crippen molar-refractivity contribution in [2.24, 2.45) is 0 Å². The molecule has 0 heterocycles. The fraction of sp³-hybridized carbons (Fsp3) is 0.143. The molecule has 0 saturated heterocycles. The molecule has 2 aromatic rings. The molecular weight excluding hydrogens is 389 g/mol. The Morgan fingerprint density at radius 3 is 2.30 bits per heavy atom. The van der Waals surface area contributed by atoms with Gasteiger partial charge in [0.1, 0.15) is 10.6 Å². The average molecular weight is 403 g/mol. The molecule has 0 amide bonds. The lowest BCUT2D eigenvalue weighted by Gasteiger charge is -2.11. The molecule has 0 aliphatic carbocycles. The third-order valence-corrected chi connectivity index (χ3v) is 4.99. The molecule has 0 unspecified atom stereocenters. The molecule has 0 aromatic heterocycles. The van der Waals surface area contributed by atoms with Gasteiger partial charge in [-0.3, -0.25) is 0 Å². The van der Waals surface area contributed by atoms with Gasteiger partial charge in [0.2, 0.25) is 0 Å². The first-order valence-electron chi connectivity index (χ1n) is 5.86. The summed E-state index contributed by atoms with van der Waals surface area (Å²) in [5.41, 5.74) is 7.98. The smallest absolute Gasteiger partial charge is 0.339 e. The molecule has 2 rings (SSSR count). The highest BCUT2D eigenvalue weighted by Gasteiger charge is 2.18. The Hall–Kier alpha value is -1.28. The maximum Gasteiger partial charge on any atom is 0.339 e. The van der Waals surface area contributed by atoms with E-state index in [4.69, 9.17) is 9.92 Å². The van der Waals surface area contributed by atoms with Crippen LogP contribution >= 0.6 is 22.6 Å². The Labute approximate surface area is 132 Å². The van der Waals surface area contributed by atoms with Crippen LogP contribution in [0.5, 0.6) is 5.75 Å². The van der Waals surface area contributed by atoms with Gasteiger partial charge in [-0.05, 0) is 60.2 Å². The fourth-order valence-electron chi connectivity index (χ4n) is 1.63. The highest BCUT2D eigenvalue weighted by atomic mass is 127. The van der Waals surface area contributed by atoms with Gasteiger partial charge < -0.3 is 9.92 Å². The van der Waals surface area contributed by atoms with Crippen molar-refractivity contribution in [3.05, 3.63) is 51.1 Å². The molecule has 6 heteroatoms. The first-order valence-corrected chi connectivity index (χ1v) is 8.35. The van der Waals surface area contributed by atoms with Crippen molar-refractivity contribution in [1.82, 2.24) is 0 Å². The molecule has 0 aliphatic rings. The largest absolute Gasteiger partial charge is 0.398 e. The number of anilines is 1. The summed E-state index contributed by atoms with van der Waals surface area (Å²) in [7, 11) is -3.84. The zero-order valence-electron chi connectivity index (χ0n) is 11.1. The standard InChI is InChI=1S/C14H14INO3S/c1-9-3-5-11(6-4-9)20(17,18)19-14-8-13(16)12(15)7-10(14)2/h3-8H,16H2,1-2H3. The van der Waals surface area contributed by atoms with Crippen LogP contribution in [0.15, 0.2) is 41.3 Å². The predicted octanol–water partition coefficient (Wildman–Crippen LogP) is 3.26. The van der Waals surface area contributed by atoms with Crippen molar-refractivity contribution < 1.29 is 12.6 Å². The molecule has 0 bridgehead atoms. The SMILES string of the molecule is Cc1ccc(S(=O)(=O)Oc2cc(N)c(I)cc2C)cc1. The van der Waals surface area contributed by atoms with Gasteiger partial charge in [-0.15, -0.1) is 0 Å². The summed E-state index contributed by atoms with van der Waals surface area (Å²) >= 11 is 2.09. The van der Waals surface area contributed by atoms with Gasteiger partial charge in [-0.1, -0.05) is 17.7 Å². The van der Waals surface area contributed by atoms with E-state index in [1.807, 2.05) is 6.92 Å². The van der Waals surface area contributed by atoms with Crippen molar-refractivity contribution in [2.45, 2.75) is 18.7 Å². The van der Waals surface area contributed by atoms with Crippen LogP contribution in [0.3, 0.4) is 0 Å². The second kappa shape index (κ2) is 5.61. The lowest BCUT2D eigenvalue weighted by atomic mass is 10.2. The van der Waals surface area contributed by atoms with Crippen molar-refractivity contribution in [3.8, 4) is 5.75 Å². The van der Waals surface area contributed by atoms with E-state index >= 15 is 0 Å². The third kappa shape index (κ3) is 3.24. The number of rotatable bonds is 3. The fourth-order valence-corrected chi connectivity index (χ4v) is 3.23. The number of nitrogen functional groups attached to an aromatic ring is 1. The van der Waals surface area contributed by atoms with Crippen LogP contribution in [0.25, 0.3) is 0 Å². The predicted molar refractivity (Wildman–Crippen MR) is 87.3 cm³/mol. The van der Waals surface area contributed by atoms with Gasteiger partial charge in [-0.2, -0.15) is 8.42 Å². The van der Waals surface area contributed by atoms with Crippen molar-refractivity contribution in [2.75, 3.05) is 5.73 Å². The second-order valence-corrected chi connectivity index (χ2v) is 7.20. The lowest BCUT2D eigenvalue weighted by molar-refractivity contribution is 0.484. The van der Waals surface area contributed by atoms with E-state index in [1.165, 1.54) is 18.2 Å². The number of aryl methyl sites for hydroxylation is 2. The summed E-state index contributed by atoms with van der Waals surface area (Å²) in [5, 5.41) is 0. The van der Waals surface area contributed by atoms with Crippen LogP contribution in [-0.4, -0.2) is 8.42 Å². The summed E-state index contributed by atoms with van der Waals surface area (Å²) in [5.74, 6) is 0.253. The quantitative estimate of drug-likeness (QED) is 0.485. The molecule has 2 N–H and O–H groups in total. The molecular formula is C14H14INO3S. The van der Waals surface area contributed by atoms with Crippen LogP contribution in [0.2, 0.25) is 0 Å². The summed E-state index contributed by atoms with van der Waals surface area (Å²) < 4.78 is 30.4. The topological polar surface area (TPSA) is 69.4 Å². The molecule has 4 nitrogen and oxygen atoms in total. The van der Waals surface area contributed by atoms with E-state index in [9.17, 15) is 8.42 Å². The molecule has 2 aromatic carbocycles. The van der Waals surface area contributed by atoms with Crippen LogP contribution in [-0.2, 0) is 10.1 Å². The van der Waals surface area contributed by atoms with Gasteiger partial charge in [0.25, 0.3) is 0 Å². The zero-order valence-corrected chi connectivity index (χ0v) is 14.0. The van der Waals surface area contributed by atoms with E-state index in [-0.39, 0.29) is 10.6 Å². The van der Waals surface area contributed by atoms with Crippen LogP contribution in [0.4, 0.5) is 5.69 Å². The van der Waals surface area contributed by atoms with Gasteiger partial charge in [0.05, 0.1) is 0 Å².